The van der Waals surface area contributed by atoms with Crippen LogP contribution in [0.1, 0.15) is 57.7 Å². The molecule has 0 spiro atoms. The van der Waals surface area contributed by atoms with Crippen molar-refractivity contribution in [3.63, 3.8) is 0 Å². The minimum absolute atomic E-state index is 0.0677. The number of aryl methyl sites for hydroxylation is 1. The Kier molecular flexibility index (Phi) is 7.44. The van der Waals surface area contributed by atoms with Gasteiger partial charge in [0.2, 0.25) is 5.91 Å². The lowest BCUT2D eigenvalue weighted by atomic mass is 9.99. The molecule has 2 unspecified atom stereocenters. The van der Waals surface area contributed by atoms with Crippen molar-refractivity contribution < 1.29 is 4.79 Å². The predicted molar refractivity (Wildman–Crippen MR) is 89.3 cm³/mol. The third-order valence-corrected chi connectivity index (χ3v) is 3.74. The molecule has 2 N–H and O–H groups in total. The Morgan fingerprint density at radius 3 is 2.24 bits per heavy atom. The van der Waals surface area contributed by atoms with Crippen LogP contribution < -0.4 is 10.6 Å². The highest BCUT2D eigenvalue weighted by molar-refractivity contribution is 5.81. The standard InChI is InChI=1S/C18H30N2O/c1-6-7-15-8-10-16(11-9-15)14(4)20-17(12-13(2)3)18(21)19-5/h8-11,13-14,17,20H,6-7,12H2,1-5H3,(H,19,21). The number of amides is 1. The second kappa shape index (κ2) is 8.83. The summed E-state index contributed by atoms with van der Waals surface area (Å²) < 4.78 is 0. The number of hydrogen-bond acceptors (Lipinski definition) is 2. The highest BCUT2D eigenvalue weighted by Crippen LogP contribution is 2.17. The van der Waals surface area contributed by atoms with Gasteiger partial charge in [0.15, 0.2) is 0 Å². The lowest BCUT2D eigenvalue weighted by molar-refractivity contribution is -0.123. The molecule has 0 aliphatic heterocycles. The van der Waals surface area contributed by atoms with E-state index in [2.05, 4.69) is 62.6 Å². The molecule has 2 atom stereocenters. The zero-order valence-electron chi connectivity index (χ0n) is 14.1. The average molecular weight is 290 g/mol. The average Bonchev–Trinajstić information content (AvgIpc) is 2.46. The van der Waals surface area contributed by atoms with Crippen molar-refractivity contribution in [3.8, 4) is 0 Å². The van der Waals surface area contributed by atoms with E-state index in [9.17, 15) is 4.79 Å². The summed E-state index contributed by atoms with van der Waals surface area (Å²) in [6.07, 6.45) is 3.13. The molecule has 0 aromatic heterocycles. The van der Waals surface area contributed by atoms with Crippen molar-refractivity contribution in [1.29, 1.82) is 0 Å². The van der Waals surface area contributed by atoms with Crippen LogP contribution in [0.15, 0.2) is 24.3 Å². The van der Waals surface area contributed by atoms with Gasteiger partial charge in [0, 0.05) is 13.1 Å². The van der Waals surface area contributed by atoms with E-state index in [1.165, 1.54) is 17.5 Å². The summed E-state index contributed by atoms with van der Waals surface area (Å²) >= 11 is 0. The fourth-order valence-corrected chi connectivity index (χ4v) is 2.56. The van der Waals surface area contributed by atoms with Crippen molar-refractivity contribution >= 4 is 5.91 Å². The molecular formula is C18H30N2O. The third kappa shape index (κ3) is 5.88. The summed E-state index contributed by atoms with van der Waals surface area (Å²) in [5.74, 6) is 0.553. The van der Waals surface area contributed by atoms with Crippen LogP contribution >= 0.6 is 0 Å². The number of likely N-dealkylation sites (N-methyl/N-ethyl adjacent to an activating group) is 1. The highest BCUT2D eigenvalue weighted by Gasteiger charge is 2.20. The van der Waals surface area contributed by atoms with Gasteiger partial charge in [-0.2, -0.15) is 0 Å². The number of rotatable bonds is 8. The molecule has 1 aromatic carbocycles. The fraction of sp³-hybridized carbons (Fsp3) is 0.611. The Morgan fingerprint density at radius 1 is 1.14 bits per heavy atom. The van der Waals surface area contributed by atoms with Crippen LogP contribution in [0.4, 0.5) is 0 Å². The van der Waals surface area contributed by atoms with Crippen LogP contribution in [0.25, 0.3) is 0 Å². The minimum atomic E-state index is -0.139. The number of hydrogen-bond donors (Lipinski definition) is 2. The van der Waals surface area contributed by atoms with Crippen LogP contribution in [0.2, 0.25) is 0 Å². The maximum absolute atomic E-state index is 12.0. The second-order valence-electron chi connectivity index (χ2n) is 6.18. The van der Waals surface area contributed by atoms with Gasteiger partial charge in [0.05, 0.1) is 6.04 Å². The lowest BCUT2D eigenvalue weighted by Crippen LogP contribution is -2.44. The van der Waals surface area contributed by atoms with Gasteiger partial charge in [0.1, 0.15) is 0 Å². The molecule has 3 heteroatoms. The van der Waals surface area contributed by atoms with Crippen molar-refractivity contribution in [2.75, 3.05) is 7.05 Å². The van der Waals surface area contributed by atoms with Gasteiger partial charge in [-0.15, -0.1) is 0 Å². The van der Waals surface area contributed by atoms with Crippen molar-refractivity contribution in [3.05, 3.63) is 35.4 Å². The number of nitrogens with one attached hydrogen (secondary N) is 2. The Hall–Kier alpha value is -1.35. The molecule has 0 aliphatic rings. The maximum Gasteiger partial charge on any atom is 0.236 e. The molecule has 1 amide bonds. The molecule has 0 heterocycles. The van der Waals surface area contributed by atoms with E-state index in [-0.39, 0.29) is 18.0 Å². The first-order chi connectivity index (χ1) is 9.97. The summed E-state index contributed by atoms with van der Waals surface area (Å²) in [4.78, 5) is 12.0. The molecule has 0 fully saturated rings. The highest BCUT2D eigenvalue weighted by atomic mass is 16.2. The van der Waals surface area contributed by atoms with Gasteiger partial charge >= 0.3 is 0 Å². The summed E-state index contributed by atoms with van der Waals surface area (Å²) in [5, 5.41) is 6.21. The van der Waals surface area contributed by atoms with Gasteiger partial charge in [-0.3, -0.25) is 10.1 Å². The molecule has 3 nitrogen and oxygen atoms in total. The van der Waals surface area contributed by atoms with E-state index in [0.717, 1.165) is 12.8 Å². The zero-order chi connectivity index (χ0) is 15.8. The van der Waals surface area contributed by atoms with Crippen LogP contribution in [0.5, 0.6) is 0 Å². The maximum atomic E-state index is 12.0. The van der Waals surface area contributed by atoms with E-state index in [1.807, 2.05) is 0 Å². The monoisotopic (exact) mass is 290 g/mol. The van der Waals surface area contributed by atoms with Crippen molar-refractivity contribution in [2.24, 2.45) is 5.92 Å². The van der Waals surface area contributed by atoms with Crippen LogP contribution in [-0.2, 0) is 11.2 Å². The lowest BCUT2D eigenvalue weighted by Gasteiger charge is -2.24. The molecule has 1 rings (SSSR count). The topological polar surface area (TPSA) is 41.1 Å². The summed E-state index contributed by atoms with van der Waals surface area (Å²) in [7, 11) is 1.70. The smallest absolute Gasteiger partial charge is 0.236 e. The minimum Gasteiger partial charge on any atom is -0.358 e. The van der Waals surface area contributed by atoms with E-state index in [1.54, 1.807) is 7.05 Å². The Bertz CT molecular complexity index is 425. The third-order valence-electron chi connectivity index (χ3n) is 3.74. The molecular weight excluding hydrogens is 260 g/mol. The first-order valence-electron chi connectivity index (χ1n) is 8.04. The molecule has 0 aliphatic carbocycles. The van der Waals surface area contributed by atoms with Crippen molar-refractivity contribution in [2.45, 2.75) is 59.0 Å². The SMILES string of the molecule is CCCc1ccc(C(C)NC(CC(C)C)C(=O)NC)cc1. The molecule has 0 radical (unpaired) electrons. The molecule has 118 valence electrons. The van der Waals surface area contributed by atoms with Gasteiger partial charge in [-0.1, -0.05) is 51.5 Å². The van der Waals surface area contributed by atoms with Crippen molar-refractivity contribution in [1.82, 2.24) is 10.6 Å². The number of carbonyl (C=O) groups is 1. The molecule has 1 aromatic rings. The molecule has 0 saturated heterocycles. The van der Waals surface area contributed by atoms with Gasteiger partial charge < -0.3 is 5.32 Å². The summed E-state index contributed by atoms with van der Waals surface area (Å²) in [6, 6.07) is 8.74. The van der Waals surface area contributed by atoms with E-state index >= 15 is 0 Å². The quantitative estimate of drug-likeness (QED) is 0.770. The normalized spacial score (nSPS) is 14.0. The van der Waals surface area contributed by atoms with Gasteiger partial charge in [0.25, 0.3) is 0 Å². The first-order valence-corrected chi connectivity index (χ1v) is 8.04. The second-order valence-corrected chi connectivity index (χ2v) is 6.18. The largest absolute Gasteiger partial charge is 0.358 e. The molecule has 21 heavy (non-hydrogen) atoms. The van der Waals surface area contributed by atoms with Crippen LogP contribution in [-0.4, -0.2) is 19.0 Å². The Balaban J connectivity index is 2.71. The van der Waals surface area contributed by atoms with Crippen LogP contribution in [0, 0.1) is 5.92 Å². The Labute approximate surface area is 129 Å². The number of benzene rings is 1. The summed E-state index contributed by atoms with van der Waals surface area (Å²) in [5.41, 5.74) is 2.60. The Morgan fingerprint density at radius 2 is 1.76 bits per heavy atom. The van der Waals surface area contributed by atoms with Gasteiger partial charge in [-0.25, -0.2) is 0 Å². The van der Waals surface area contributed by atoms with Crippen LogP contribution in [0.3, 0.4) is 0 Å². The van der Waals surface area contributed by atoms with E-state index in [4.69, 9.17) is 0 Å². The molecule has 0 bridgehead atoms. The van der Waals surface area contributed by atoms with E-state index < -0.39 is 0 Å². The fourth-order valence-electron chi connectivity index (χ4n) is 2.56. The predicted octanol–water partition coefficient (Wildman–Crippen LogP) is 3.45. The first kappa shape index (κ1) is 17.7. The summed E-state index contributed by atoms with van der Waals surface area (Å²) in [6.45, 7) is 8.59. The van der Waals surface area contributed by atoms with Gasteiger partial charge in [-0.05, 0) is 36.8 Å². The van der Waals surface area contributed by atoms with E-state index in [0.29, 0.717) is 5.92 Å². The number of carbonyl (C=O) groups excluding carboxylic acids is 1. The zero-order valence-corrected chi connectivity index (χ0v) is 14.1. The molecule has 0 saturated carbocycles.